The van der Waals surface area contributed by atoms with Gasteiger partial charge in [0, 0.05) is 11.8 Å². The molecular weight excluding hydrogens is 178 g/mol. The molecule has 1 aromatic rings. The number of hydrogen-bond acceptors (Lipinski definition) is 3. The van der Waals surface area contributed by atoms with Gasteiger partial charge in [0.2, 0.25) is 5.88 Å². The van der Waals surface area contributed by atoms with E-state index in [4.69, 9.17) is 21.1 Å². The molecule has 4 heteroatoms. The van der Waals surface area contributed by atoms with E-state index in [0.29, 0.717) is 16.7 Å². The van der Waals surface area contributed by atoms with Crippen LogP contribution >= 0.6 is 11.6 Å². The molecule has 3 nitrogen and oxygen atoms in total. The predicted octanol–water partition coefficient (Wildman–Crippen LogP) is 2.06. The third kappa shape index (κ3) is 1.61. The summed E-state index contributed by atoms with van der Waals surface area (Å²) in [6.45, 7) is 1.85. The molecule has 0 N–H and O–H groups in total. The van der Waals surface area contributed by atoms with E-state index in [1.807, 2.05) is 6.92 Å². The van der Waals surface area contributed by atoms with E-state index < -0.39 is 0 Å². The minimum absolute atomic E-state index is 0.397. The van der Waals surface area contributed by atoms with Gasteiger partial charge in [0.1, 0.15) is 10.8 Å². The highest BCUT2D eigenvalue weighted by Crippen LogP contribution is 2.32. The Labute approximate surface area is 76.3 Å². The molecule has 0 aliphatic rings. The monoisotopic (exact) mass is 187 g/mol. The second-order valence-corrected chi connectivity index (χ2v) is 2.67. The van der Waals surface area contributed by atoms with E-state index in [-0.39, 0.29) is 0 Å². The SMILES string of the molecule is COc1cc(C)nc(OC)c1Cl. The number of aryl methyl sites for hydroxylation is 1. The van der Waals surface area contributed by atoms with Crippen LogP contribution in [0.25, 0.3) is 0 Å². The third-order valence-corrected chi connectivity index (χ3v) is 1.78. The maximum absolute atomic E-state index is 5.87. The summed E-state index contributed by atoms with van der Waals surface area (Å²) in [5.41, 5.74) is 0.813. The first-order chi connectivity index (χ1) is 5.69. The van der Waals surface area contributed by atoms with Gasteiger partial charge in [-0.2, -0.15) is 0 Å². The van der Waals surface area contributed by atoms with Gasteiger partial charge in [-0.15, -0.1) is 0 Å². The molecule has 66 valence electrons. The largest absolute Gasteiger partial charge is 0.495 e. The second kappa shape index (κ2) is 3.63. The Morgan fingerprint density at radius 2 is 2.00 bits per heavy atom. The highest BCUT2D eigenvalue weighted by atomic mass is 35.5. The van der Waals surface area contributed by atoms with Gasteiger partial charge in [0.25, 0.3) is 0 Å². The van der Waals surface area contributed by atoms with Crippen LogP contribution in [0, 0.1) is 6.92 Å². The van der Waals surface area contributed by atoms with Crippen LogP contribution in [-0.2, 0) is 0 Å². The highest BCUT2D eigenvalue weighted by Gasteiger charge is 2.09. The van der Waals surface area contributed by atoms with Crippen molar-refractivity contribution < 1.29 is 9.47 Å². The molecule has 12 heavy (non-hydrogen) atoms. The average Bonchev–Trinajstić information content (AvgIpc) is 2.08. The van der Waals surface area contributed by atoms with Crippen molar-refractivity contribution in [2.24, 2.45) is 0 Å². The molecule has 0 amide bonds. The number of hydrogen-bond donors (Lipinski definition) is 0. The van der Waals surface area contributed by atoms with Crippen molar-refractivity contribution in [2.45, 2.75) is 6.92 Å². The standard InChI is InChI=1S/C8H10ClNO2/c1-5-4-6(11-2)7(9)8(10-5)12-3/h4H,1-3H3. The van der Waals surface area contributed by atoms with Gasteiger partial charge in [0.05, 0.1) is 14.2 Å². The van der Waals surface area contributed by atoms with Gasteiger partial charge >= 0.3 is 0 Å². The van der Waals surface area contributed by atoms with Crippen LogP contribution in [0.3, 0.4) is 0 Å². The van der Waals surface area contributed by atoms with Crippen molar-refractivity contribution in [3.05, 3.63) is 16.8 Å². The molecule has 0 fully saturated rings. The molecule has 0 unspecified atom stereocenters. The van der Waals surface area contributed by atoms with E-state index >= 15 is 0 Å². The number of nitrogens with zero attached hydrogens (tertiary/aromatic N) is 1. The number of rotatable bonds is 2. The van der Waals surface area contributed by atoms with Gasteiger partial charge in [-0.25, -0.2) is 4.98 Å². The Balaban J connectivity index is 3.22. The topological polar surface area (TPSA) is 31.4 Å². The van der Waals surface area contributed by atoms with Crippen LogP contribution in [0.1, 0.15) is 5.69 Å². The van der Waals surface area contributed by atoms with E-state index in [1.54, 1.807) is 13.2 Å². The van der Waals surface area contributed by atoms with Crippen molar-refractivity contribution >= 4 is 11.6 Å². The zero-order valence-corrected chi connectivity index (χ0v) is 7.97. The third-order valence-electron chi connectivity index (χ3n) is 1.44. The van der Waals surface area contributed by atoms with Gasteiger partial charge < -0.3 is 9.47 Å². The van der Waals surface area contributed by atoms with Crippen molar-refractivity contribution in [1.82, 2.24) is 4.98 Å². The molecule has 0 aromatic carbocycles. The van der Waals surface area contributed by atoms with Crippen LogP contribution < -0.4 is 9.47 Å². The van der Waals surface area contributed by atoms with Gasteiger partial charge in [-0.05, 0) is 6.92 Å². The molecule has 0 saturated carbocycles. The Kier molecular flexibility index (Phi) is 2.76. The van der Waals surface area contributed by atoms with Gasteiger partial charge in [0.15, 0.2) is 0 Å². The molecule has 1 rings (SSSR count). The molecule has 0 aliphatic heterocycles. The first-order valence-electron chi connectivity index (χ1n) is 3.44. The lowest BCUT2D eigenvalue weighted by atomic mass is 10.3. The molecule has 0 aliphatic carbocycles. The number of ether oxygens (including phenoxy) is 2. The lowest BCUT2D eigenvalue weighted by Gasteiger charge is -2.07. The smallest absolute Gasteiger partial charge is 0.236 e. The first-order valence-corrected chi connectivity index (χ1v) is 3.82. The summed E-state index contributed by atoms with van der Waals surface area (Å²) >= 11 is 5.87. The van der Waals surface area contributed by atoms with E-state index in [9.17, 15) is 0 Å². The fraction of sp³-hybridized carbons (Fsp3) is 0.375. The summed E-state index contributed by atoms with van der Waals surface area (Å²) in [5, 5.41) is 0.408. The molecule has 0 atom stereocenters. The molecule has 0 spiro atoms. The Hall–Kier alpha value is -0.960. The minimum atomic E-state index is 0.397. The van der Waals surface area contributed by atoms with Crippen LogP contribution in [0.15, 0.2) is 6.07 Å². The molecule has 0 radical (unpaired) electrons. The summed E-state index contributed by atoms with van der Waals surface area (Å²) in [6, 6.07) is 1.75. The summed E-state index contributed by atoms with van der Waals surface area (Å²) in [7, 11) is 3.08. The van der Waals surface area contributed by atoms with Gasteiger partial charge in [-0.1, -0.05) is 11.6 Å². The molecule has 0 bridgehead atoms. The fourth-order valence-electron chi connectivity index (χ4n) is 0.884. The quantitative estimate of drug-likeness (QED) is 0.710. The van der Waals surface area contributed by atoms with Crippen molar-refractivity contribution in [1.29, 1.82) is 0 Å². The maximum atomic E-state index is 5.87. The number of halogens is 1. The molecular formula is C8H10ClNO2. The van der Waals surface area contributed by atoms with E-state index in [0.717, 1.165) is 5.69 Å². The Bertz CT molecular complexity index is 263. The summed E-state index contributed by atoms with van der Waals surface area (Å²) in [6.07, 6.45) is 0. The highest BCUT2D eigenvalue weighted by molar-refractivity contribution is 6.33. The fourth-order valence-corrected chi connectivity index (χ4v) is 1.13. The molecule has 0 saturated heterocycles. The summed E-state index contributed by atoms with van der Waals surface area (Å²) < 4.78 is 9.96. The van der Waals surface area contributed by atoms with Crippen molar-refractivity contribution in [3.8, 4) is 11.6 Å². The van der Waals surface area contributed by atoms with E-state index in [2.05, 4.69) is 4.98 Å². The zero-order valence-electron chi connectivity index (χ0n) is 7.22. The van der Waals surface area contributed by atoms with Crippen LogP contribution in [-0.4, -0.2) is 19.2 Å². The zero-order chi connectivity index (χ0) is 9.14. The van der Waals surface area contributed by atoms with Gasteiger partial charge in [-0.3, -0.25) is 0 Å². The van der Waals surface area contributed by atoms with Crippen molar-refractivity contribution in [3.63, 3.8) is 0 Å². The van der Waals surface area contributed by atoms with Crippen LogP contribution in [0.5, 0.6) is 11.6 Å². The average molecular weight is 188 g/mol. The van der Waals surface area contributed by atoms with Crippen molar-refractivity contribution in [2.75, 3.05) is 14.2 Å². The summed E-state index contributed by atoms with van der Waals surface area (Å²) in [5.74, 6) is 0.981. The lowest BCUT2D eigenvalue weighted by molar-refractivity contribution is 0.381. The molecule has 1 heterocycles. The second-order valence-electron chi connectivity index (χ2n) is 2.29. The minimum Gasteiger partial charge on any atom is -0.495 e. The Morgan fingerprint density at radius 3 is 2.50 bits per heavy atom. The summed E-state index contributed by atoms with van der Waals surface area (Å²) in [4.78, 5) is 4.07. The maximum Gasteiger partial charge on any atom is 0.236 e. The lowest BCUT2D eigenvalue weighted by Crippen LogP contribution is -1.94. The Morgan fingerprint density at radius 1 is 1.33 bits per heavy atom. The normalized spacial score (nSPS) is 9.67. The predicted molar refractivity (Wildman–Crippen MR) is 47.1 cm³/mol. The number of methoxy groups -OCH3 is 2. The molecule has 1 aromatic heterocycles. The van der Waals surface area contributed by atoms with Crippen LogP contribution in [0.4, 0.5) is 0 Å². The van der Waals surface area contributed by atoms with Crippen LogP contribution in [0.2, 0.25) is 5.02 Å². The number of pyridine rings is 1. The number of aromatic nitrogens is 1. The first kappa shape index (κ1) is 9.13. The van der Waals surface area contributed by atoms with E-state index in [1.165, 1.54) is 7.11 Å².